The van der Waals surface area contributed by atoms with Crippen molar-refractivity contribution < 1.29 is 9.21 Å². The van der Waals surface area contributed by atoms with Gasteiger partial charge in [0.2, 0.25) is 0 Å². The quantitative estimate of drug-likeness (QED) is 0.942. The maximum absolute atomic E-state index is 12.2. The van der Waals surface area contributed by atoms with Crippen LogP contribution in [0.4, 0.5) is 0 Å². The Balaban J connectivity index is 2.26. The second-order valence-electron chi connectivity index (χ2n) is 4.64. The SMILES string of the molecule is CC(CN)N(C)C(=O)c1ccc(-c2ccccc2Cl)o1. The van der Waals surface area contributed by atoms with Crippen LogP contribution in [0, 0.1) is 0 Å². The number of nitrogens with zero attached hydrogens (tertiary/aromatic N) is 1. The highest BCUT2D eigenvalue weighted by molar-refractivity contribution is 6.33. The van der Waals surface area contributed by atoms with Gasteiger partial charge >= 0.3 is 0 Å². The number of hydrogen-bond donors (Lipinski definition) is 1. The summed E-state index contributed by atoms with van der Waals surface area (Å²) in [4.78, 5) is 13.8. The van der Waals surface area contributed by atoms with Gasteiger partial charge in [-0.05, 0) is 31.2 Å². The zero-order valence-corrected chi connectivity index (χ0v) is 12.2. The highest BCUT2D eigenvalue weighted by atomic mass is 35.5. The number of amides is 1. The van der Waals surface area contributed by atoms with Gasteiger partial charge in [-0.25, -0.2) is 0 Å². The number of rotatable bonds is 4. The number of nitrogens with two attached hydrogens (primary N) is 1. The molecule has 0 aliphatic heterocycles. The zero-order valence-electron chi connectivity index (χ0n) is 11.5. The monoisotopic (exact) mass is 292 g/mol. The first-order chi connectivity index (χ1) is 9.54. The molecule has 1 heterocycles. The largest absolute Gasteiger partial charge is 0.451 e. The molecule has 1 aromatic heterocycles. The van der Waals surface area contributed by atoms with E-state index in [9.17, 15) is 4.79 Å². The third-order valence-electron chi connectivity index (χ3n) is 3.28. The summed E-state index contributed by atoms with van der Waals surface area (Å²) in [6.45, 7) is 2.29. The van der Waals surface area contributed by atoms with Crippen molar-refractivity contribution in [3.63, 3.8) is 0 Å². The number of carbonyl (C=O) groups is 1. The molecule has 0 saturated carbocycles. The fraction of sp³-hybridized carbons (Fsp3) is 0.267. The summed E-state index contributed by atoms with van der Waals surface area (Å²) in [6, 6.07) is 10.7. The van der Waals surface area contributed by atoms with Crippen LogP contribution in [0.5, 0.6) is 0 Å². The van der Waals surface area contributed by atoms with E-state index in [1.165, 1.54) is 0 Å². The van der Waals surface area contributed by atoms with Gasteiger partial charge in [-0.3, -0.25) is 4.79 Å². The van der Waals surface area contributed by atoms with Crippen LogP contribution < -0.4 is 5.73 Å². The maximum atomic E-state index is 12.2. The van der Waals surface area contributed by atoms with Crippen molar-refractivity contribution in [2.45, 2.75) is 13.0 Å². The van der Waals surface area contributed by atoms with Crippen molar-refractivity contribution in [2.75, 3.05) is 13.6 Å². The average Bonchev–Trinajstić information content (AvgIpc) is 2.94. The Morgan fingerprint density at radius 1 is 1.35 bits per heavy atom. The second-order valence-corrected chi connectivity index (χ2v) is 5.05. The summed E-state index contributed by atoms with van der Waals surface area (Å²) in [7, 11) is 1.71. The van der Waals surface area contributed by atoms with E-state index >= 15 is 0 Å². The predicted molar refractivity (Wildman–Crippen MR) is 79.8 cm³/mol. The lowest BCUT2D eigenvalue weighted by molar-refractivity contribution is 0.0717. The molecule has 1 unspecified atom stereocenters. The Hall–Kier alpha value is -1.78. The molecule has 2 aromatic rings. The van der Waals surface area contributed by atoms with E-state index in [1.807, 2.05) is 25.1 Å². The molecule has 0 radical (unpaired) electrons. The van der Waals surface area contributed by atoms with E-state index in [-0.39, 0.29) is 17.7 Å². The molecule has 4 nitrogen and oxygen atoms in total. The van der Waals surface area contributed by atoms with Gasteiger partial charge in [0, 0.05) is 25.2 Å². The molecule has 5 heteroatoms. The minimum atomic E-state index is -0.193. The topological polar surface area (TPSA) is 59.5 Å². The minimum Gasteiger partial charge on any atom is -0.451 e. The molecule has 0 bridgehead atoms. The summed E-state index contributed by atoms with van der Waals surface area (Å²) < 4.78 is 5.61. The van der Waals surface area contributed by atoms with Gasteiger partial charge in [0.1, 0.15) is 5.76 Å². The van der Waals surface area contributed by atoms with Crippen LogP contribution in [0.3, 0.4) is 0 Å². The number of hydrogen-bond acceptors (Lipinski definition) is 3. The molecular weight excluding hydrogens is 276 g/mol. The van der Waals surface area contributed by atoms with E-state index in [2.05, 4.69) is 0 Å². The van der Waals surface area contributed by atoms with Crippen molar-refractivity contribution in [2.24, 2.45) is 5.73 Å². The molecule has 2 N–H and O–H groups in total. The molecule has 1 amide bonds. The number of halogens is 1. The van der Waals surface area contributed by atoms with E-state index in [0.717, 1.165) is 5.56 Å². The third-order valence-corrected chi connectivity index (χ3v) is 3.61. The van der Waals surface area contributed by atoms with Gasteiger partial charge in [0.15, 0.2) is 5.76 Å². The highest BCUT2D eigenvalue weighted by Gasteiger charge is 2.20. The predicted octanol–water partition coefficient (Wildman–Crippen LogP) is 3.02. The normalized spacial score (nSPS) is 12.2. The first kappa shape index (κ1) is 14.6. The summed E-state index contributed by atoms with van der Waals surface area (Å²) in [5.41, 5.74) is 6.33. The maximum Gasteiger partial charge on any atom is 0.289 e. The van der Waals surface area contributed by atoms with Gasteiger partial charge in [0.05, 0.1) is 5.02 Å². The zero-order chi connectivity index (χ0) is 14.7. The number of carbonyl (C=O) groups excluding carboxylic acids is 1. The van der Waals surface area contributed by atoms with Crippen LogP contribution in [0.1, 0.15) is 17.5 Å². The van der Waals surface area contributed by atoms with Gasteiger partial charge < -0.3 is 15.1 Å². The molecule has 20 heavy (non-hydrogen) atoms. The molecule has 1 aromatic carbocycles. The third kappa shape index (κ3) is 2.86. The molecule has 1 atom stereocenters. The smallest absolute Gasteiger partial charge is 0.289 e. The van der Waals surface area contributed by atoms with E-state index < -0.39 is 0 Å². The van der Waals surface area contributed by atoms with Gasteiger partial charge in [-0.2, -0.15) is 0 Å². The van der Waals surface area contributed by atoms with Crippen molar-refractivity contribution in [1.29, 1.82) is 0 Å². The van der Waals surface area contributed by atoms with Crippen LogP contribution in [0.2, 0.25) is 5.02 Å². The Morgan fingerprint density at radius 2 is 2.05 bits per heavy atom. The van der Waals surface area contributed by atoms with E-state index in [4.69, 9.17) is 21.8 Å². The fourth-order valence-electron chi connectivity index (χ4n) is 1.79. The van der Waals surface area contributed by atoms with Crippen LogP contribution in [0.15, 0.2) is 40.8 Å². The van der Waals surface area contributed by atoms with Crippen molar-refractivity contribution in [3.05, 3.63) is 47.2 Å². The number of benzene rings is 1. The summed E-state index contributed by atoms with van der Waals surface area (Å²) in [5, 5.41) is 0.588. The average molecular weight is 293 g/mol. The first-order valence-corrected chi connectivity index (χ1v) is 6.74. The first-order valence-electron chi connectivity index (χ1n) is 6.36. The van der Waals surface area contributed by atoms with Crippen molar-refractivity contribution in [1.82, 2.24) is 4.90 Å². The second kappa shape index (κ2) is 6.11. The Kier molecular flexibility index (Phi) is 4.47. The molecule has 0 saturated heterocycles. The molecule has 0 aliphatic carbocycles. The lowest BCUT2D eigenvalue weighted by Gasteiger charge is -2.22. The minimum absolute atomic E-state index is 0.0450. The lowest BCUT2D eigenvalue weighted by Crippen LogP contribution is -2.39. The Labute approximate surface area is 123 Å². The fourth-order valence-corrected chi connectivity index (χ4v) is 2.02. The molecule has 0 fully saturated rings. The van der Waals surface area contributed by atoms with Gasteiger partial charge in [-0.15, -0.1) is 0 Å². The lowest BCUT2D eigenvalue weighted by atomic mass is 10.2. The summed E-state index contributed by atoms with van der Waals surface area (Å²) >= 11 is 6.11. The molecule has 0 aliphatic rings. The van der Waals surface area contributed by atoms with Crippen molar-refractivity contribution >= 4 is 17.5 Å². The Morgan fingerprint density at radius 3 is 2.70 bits per heavy atom. The van der Waals surface area contributed by atoms with Crippen molar-refractivity contribution in [3.8, 4) is 11.3 Å². The number of furan rings is 1. The van der Waals surface area contributed by atoms with Crippen LogP contribution in [-0.2, 0) is 0 Å². The summed E-state index contributed by atoms with van der Waals surface area (Å²) in [6.07, 6.45) is 0. The van der Waals surface area contributed by atoms with Gasteiger partial charge in [0.25, 0.3) is 5.91 Å². The van der Waals surface area contributed by atoms with Crippen LogP contribution >= 0.6 is 11.6 Å². The van der Waals surface area contributed by atoms with Crippen LogP contribution in [0.25, 0.3) is 11.3 Å². The highest BCUT2D eigenvalue weighted by Crippen LogP contribution is 2.29. The molecule has 2 rings (SSSR count). The molecule has 0 spiro atoms. The Bertz CT molecular complexity index is 609. The van der Waals surface area contributed by atoms with E-state index in [0.29, 0.717) is 17.3 Å². The summed E-state index contributed by atoms with van der Waals surface area (Å²) in [5.74, 6) is 0.664. The number of likely N-dealkylation sites (N-methyl/N-ethyl adjacent to an activating group) is 1. The molecule has 106 valence electrons. The standard InChI is InChI=1S/C15H17ClN2O2/c1-10(9-17)18(2)15(19)14-8-7-13(20-14)11-5-3-4-6-12(11)16/h3-8,10H,9,17H2,1-2H3. The molecular formula is C15H17ClN2O2. The van der Waals surface area contributed by atoms with E-state index in [1.54, 1.807) is 30.1 Å². The van der Waals surface area contributed by atoms with Gasteiger partial charge in [-0.1, -0.05) is 23.7 Å². The van der Waals surface area contributed by atoms with Crippen LogP contribution in [-0.4, -0.2) is 30.4 Å².